The molecule has 3 rings (SSSR count). The van der Waals surface area contributed by atoms with Crippen molar-refractivity contribution in [3.8, 4) is 0 Å². The molecule has 0 spiro atoms. The molecule has 0 aromatic heterocycles. The van der Waals surface area contributed by atoms with Crippen LogP contribution in [0.2, 0.25) is 0 Å². The summed E-state index contributed by atoms with van der Waals surface area (Å²) in [5.41, 5.74) is 2.64. The molecule has 0 atom stereocenters. The predicted molar refractivity (Wildman–Crippen MR) is 123 cm³/mol. The van der Waals surface area contributed by atoms with Crippen LogP contribution >= 0.6 is 11.8 Å². The van der Waals surface area contributed by atoms with Crippen molar-refractivity contribution >= 4 is 17.7 Å². The topological polar surface area (TPSA) is 48.9 Å². The highest BCUT2D eigenvalue weighted by Gasteiger charge is 2.12. The molecule has 0 bridgehead atoms. The van der Waals surface area contributed by atoms with Crippen LogP contribution in [0.4, 0.5) is 0 Å². The number of hydrogen-bond acceptors (Lipinski definition) is 4. The summed E-state index contributed by atoms with van der Waals surface area (Å²) in [6.07, 6.45) is 0. The van der Waals surface area contributed by atoms with Crippen LogP contribution < -0.4 is 10.6 Å². The summed E-state index contributed by atoms with van der Waals surface area (Å²) >= 11 is 1.86. The molecule has 0 aliphatic carbocycles. The number of rotatable bonds is 9. The van der Waals surface area contributed by atoms with E-state index in [4.69, 9.17) is 9.73 Å². The number of morpholine rings is 1. The van der Waals surface area contributed by atoms with E-state index < -0.39 is 0 Å². The molecule has 156 valence electrons. The van der Waals surface area contributed by atoms with E-state index in [1.807, 2.05) is 11.8 Å². The molecular formula is C23H32N4OS. The largest absolute Gasteiger partial charge is 0.379 e. The van der Waals surface area contributed by atoms with Crippen molar-refractivity contribution < 1.29 is 4.74 Å². The summed E-state index contributed by atoms with van der Waals surface area (Å²) in [6, 6.07) is 19.1. The molecule has 1 heterocycles. The minimum absolute atomic E-state index is 0.682. The minimum atomic E-state index is 0.682. The third-order valence-electron chi connectivity index (χ3n) is 4.77. The molecule has 1 fully saturated rings. The van der Waals surface area contributed by atoms with Crippen molar-refractivity contribution in [2.75, 3.05) is 45.1 Å². The highest BCUT2D eigenvalue weighted by Crippen LogP contribution is 2.16. The van der Waals surface area contributed by atoms with Crippen LogP contribution in [0.25, 0.3) is 0 Å². The molecule has 2 N–H and O–H groups in total. The van der Waals surface area contributed by atoms with Crippen molar-refractivity contribution in [2.24, 2.45) is 4.99 Å². The molecule has 0 unspecified atom stereocenters. The molecule has 1 aliphatic rings. The first-order chi connectivity index (χ1) is 14.3. The Hall–Kier alpha value is -2.02. The van der Waals surface area contributed by atoms with Gasteiger partial charge in [-0.25, -0.2) is 4.99 Å². The number of guanidine groups is 1. The van der Waals surface area contributed by atoms with Gasteiger partial charge in [-0.15, -0.1) is 11.8 Å². The SMILES string of the molecule is CCNC(=NCc1ccccc1CN1CCOCC1)NCCSc1ccccc1. The van der Waals surface area contributed by atoms with Crippen LogP contribution in [-0.2, 0) is 17.8 Å². The predicted octanol–water partition coefficient (Wildman–Crippen LogP) is 3.37. The summed E-state index contributed by atoms with van der Waals surface area (Å²) in [7, 11) is 0. The van der Waals surface area contributed by atoms with Gasteiger partial charge in [-0.2, -0.15) is 0 Å². The zero-order valence-corrected chi connectivity index (χ0v) is 18.1. The quantitative estimate of drug-likeness (QED) is 0.286. The summed E-state index contributed by atoms with van der Waals surface area (Å²) in [5, 5.41) is 6.81. The summed E-state index contributed by atoms with van der Waals surface area (Å²) in [6.45, 7) is 9.14. The van der Waals surface area contributed by atoms with E-state index in [0.717, 1.165) is 57.6 Å². The lowest BCUT2D eigenvalue weighted by molar-refractivity contribution is 0.0341. The first-order valence-corrected chi connectivity index (χ1v) is 11.4. The lowest BCUT2D eigenvalue weighted by atomic mass is 10.1. The second-order valence-corrected chi connectivity index (χ2v) is 8.11. The lowest BCUT2D eigenvalue weighted by Gasteiger charge is -2.27. The number of aliphatic imine (C=N–C) groups is 1. The van der Waals surface area contributed by atoms with Gasteiger partial charge in [-0.3, -0.25) is 4.90 Å². The van der Waals surface area contributed by atoms with E-state index in [9.17, 15) is 0 Å². The first-order valence-electron chi connectivity index (χ1n) is 10.4. The Balaban J connectivity index is 1.52. The lowest BCUT2D eigenvalue weighted by Crippen LogP contribution is -2.38. The number of nitrogens with zero attached hydrogens (tertiary/aromatic N) is 2. The number of nitrogens with one attached hydrogen (secondary N) is 2. The monoisotopic (exact) mass is 412 g/mol. The Morgan fingerprint density at radius 2 is 1.72 bits per heavy atom. The van der Waals surface area contributed by atoms with Crippen molar-refractivity contribution in [3.63, 3.8) is 0 Å². The average Bonchev–Trinajstić information content (AvgIpc) is 2.77. The van der Waals surface area contributed by atoms with Crippen LogP contribution in [0, 0.1) is 0 Å². The normalized spacial score (nSPS) is 15.3. The molecule has 0 radical (unpaired) electrons. The summed E-state index contributed by atoms with van der Waals surface area (Å²) in [5.74, 6) is 1.88. The Bertz CT molecular complexity index is 748. The second-order valence-electron chi connectivity index (χ2n) is 6.94. The Labute approximate surface area is 178 Å². The van der Waals surface area contributed by atoms with E-state index in [2.05, 4.69) is 77.1 Å². The molecule has 6 heteroatoms. The Morgan fingerprint density at radius 1 is 1.00 bits per heavy atom. The second kappa shape index (κ2) is 12.5. The third kappa shape index (κ3) is 7.72. The third-order valence-corrected chi connectivity index (χ3v) is 5.79. The zero-order valence-electron chi connectivity index (χ0n) is 17.3. The average molecular weight is 413 g/mol. The van der Waals surface area contributed by atoms with E-state index in [1.165, 1.54) is 16.0 Å². The minimum Gasteiger partial charge on any atom is -0.379 e. The van der Waals surface area contributed by atoms with Gasteiger partial charge in [-0.1, -0.05) is 42.5 Å². The molecule has 2 aromatic rings. The molecule has 2 aromatic carbocycles. The van der Waals surface area contributed by atoms with E-state index >= 15 is 0 Å². The van der Waals surface area contributed by atoms with Gasteiger partial charge in [0, 0.05) is 43.4 Å². The fraction of sp³-hybridized carbons (Fsp3) is 0.435. The zero-order chi connectivity index (χ0) is 20.2. The summed E-state index contributed by atoms with van der Waals surface area (Å²) in [4.78, 5) is 8.58. The highest BCUT2D eigenvalue weighted by molar-refractivity contribution is 7.99. The Morgan fingerprint density at radius 3 is 2.48 bits per heavy atom. The number of hydrogen-bond donors (Lipinski definition) is 2. The molecule has 5 nitrogen and oxygen atoms in total. The standard InChI is InChI=1S/C23H32N4OS/c1-2-24-23(25-12-17-29-22-10-4-3-5-11-22)26-18-20-8-6-7-9-21(20)19-27-13-15-28-16-14-27/h3-11H,2,12-19H2,1H3,(H2,24,25,26). The van der Waals surface area contributed by atoms with Crippen LogP contribution in [0.3, 0.4) is 0 Å². The van der Waals surface area contributed by atoms with Crippen molar-refractivity contribution in [2.45, 2.75) is 24.9 Å². The molecule has 1 saturated heterocycles. The van der Waals surface area contributed by atoms with Crippen LogP contribution in [0.1, 0.15) is 18.1 Å². The van der Waals surface area contributed by atoms with Gasteiger partial charge < -0.3 is 15.4 Å². The smallest absolute Gasteiger partial charge is 0.191 e. The molecule has 1 aliphatic heterocycles. The fourth-order valence-electron chi connectivity index (χ4n) is 3.23. The maximum absolute atomic E-state index is 5.47. The Kier molecular flexibility index (Phi) is 9.36. The van der Waals surface area contributed by atoms with Crippen LogP contribution in [0.15, 0.2) is 64.5 Å². The number of benzene rings is 2. The molecule has 29 heavy (non-hydrogen) atoms. The van der Waals surface area contributed by atoms with Gasteiger partial charge in [0.2, 0.25) is 0 Å². The van der Waals surface area contributed by atoms with Gasteiger partial charge in [0.25, 0.3) is 0 Å². The maximum atomic E-state index is 5.47. The molecular weight excluding hydrogens is 380 g/mol. The molecule has 0 saturated carbocycles. The van der Waals surface area contributed by atoms with Gasteiger partial charge in [0.1, 0.15) is 0 Å². The summed E-state index contributed by atoms with van der Waals surface area (Å²) < 4.78 is 5.47. The van der Waals surface area contributed by atoms with E-state index in [0.29, 0.717) is 6.54 Å². The number of ether oxygens (including phenoxy) is 1. The van der Waals surface area contributed by atoms with Gasteiger partial charge >= 0.3 is 0 Å². The maximum Gasteiger partial charge on any atom is 0.191 e. The van der Waals surface area contributed by atoms with Gasteiger partial charge in [-0.05, 0) is 30.2 Å². The molecule has 0 amide bonds. The van der Waals surface area contributed by atoms with Gasteiger partial charge in [0.05, 0.1) is 19.8 Å². The number of thioether (sulfide) groups is 1. The van der Waals surface area contributed by atoms with E-state index in [-0.39, 0.29) is 0 Å². The fourth-order valence-corrected chi connectivity index (χ4v) is 4.02. The van der Waals surface area contributed by atoms with Gasteiger partial charge in [0.15, 0.2) is 5.96 Å². The van der Waals surface area contributed by atoms with E-state index in [1.54, 1.807) is 0 Å². The van der Waals surface area contributed by atoms with Crippen molar-refractivity contribution in [3.05, 3.63) is 65.7 Å². The van der Waals surface area contributed by atoms with Crippen molar-refractivity contribution in [1.82, 2.24) is 15.5 Å². The van der Waals surface area contributed by atoms with Crippen molar-refractivity contribution in [1.29, 1.82) is 0 Å². The van der Waals surface area contributed by atoms with Crippen LogP contribution in [-0.4, -0.2) is 56.0 Å². The first kappa shape index (κ1) is 21.7. The highest BCUT2D eigenvalue weighted by atomic mass is 32.2. The van der Waals surface area contributed by atoms with Crippen LogP contribution in [0.5, 0.6) is 0 Å².